The zero-order valence-corrected chi connectivity index (χ0v) is 17.4. The fourth-order valence-electron chi connectivity index (χ4n) is 3.72. The van der Waals surface area contributed by atoms with Crippen molar-refractivity contribution in [3.05, 3.63) is 24.3 Å². The number of aliphatic hydroxyl groups excluding tert-OH is 2. The van der Waals surface area contributed by atoms with Crippen molar-refractivity contribution >= 4 is 23.3 Å². The third-order valence-electron chi connectivity index (χ3n) is 5.41. The quantitative estimate of drug-likeness (QED) is 0.226. The molecule has 0 bridgehead atoms. The number of amides is 1. The van der Waals surface area contributed by atoms with E-state index in [2.05, 4.69) is 5.32 Å². The molecular weight excluding hydrogens is 398 g/mol. The number of allylic oxidation sites excluding steroid dienone is 1. The Hall–Kier alpha value is -1.25. The number of unbranched alkanes of at least 4 members (excludes halogenated alkanes) is 7. The Morgan fingerprint density at radius 3 is 2.59 bits per heavy atom. The molecule has 1 saturated heterocycles. The number of alkyl halides is 1. The first-order chi connectivity index (χ1) is 13.9. The van der Waals surface area contributed by atoms with Crippen LogP contribution in [0.5, 0.6) is 0 Å². The highest BCUT2D eigenvalue weighted by Crippen LogP contribution is 2.36. The van der Waals surface area contributed by atoms with Crippen molar-refractivity contribution < 1.29 is 29.6 Å². The van der Waals surface area contributed by atoms with Crippen LogP contribution in [0.2, 0.25) is 0 Å². The SMILES string of the molecule is O=C(C=CCCCCCCCCCO)NC1CC2(O)C(=O)C=CC(Cl)C2OC1O. The van der Waals surface area contributed by atoms with Gasteiger partial charge in [-0.1, -0.05) is 44.3 Å². The van der Waals surface area contributed by atoms with Crippen molar-refractivity contribution in [2.24, 2.45) is 0 Å². The molecule has 4 N–H and O–H groups in total. The van der Waals surface area contributed by atoms with Crippen LogP contribution in [0.25, 0.3) is 0 Å². The summed E-state index contributed by atoms with van der Waals surface area (Å²) < 4.78 is 5.34. The fraction of sp³-hybridized carbons (Fsp3) is 0.714. The molecule has 0 spiro atoms. The van der Waals surface area contributed by atoms with Gasteiger partial charge in [0, 0.05) is 13.0 Å². The van der Waals surface area contributed by atoms with Crippen LogP contribution in [-0.4, -0.2) is 63.0 Å². The molecule has 164 valence electrons. The van der Waals surface area contributed by atoms with Crippen LogP contribution in [0.15, 0.2) is 24.3 Å². The third kappa shape index (κ3) is 6.89. The monoisotopic (exact) mass is 429 g/mol. The summed E-state index contributed by atoms with van der Waals surface area (Å²) in [6, 6.07) is -0.911. The Labute approximate surface area is 176 Å². The Bertz CT molecular complexity index is 610. The predicted octanol–water partition coefficient (Wildman–Crippen LogP) is 1.73. The van der Waals surface area contributed by atoms with E-state index in [0.29, 0.717) is 0 Å². The highest BCUT2D eigenvalue weighted by atomic mass is 35.5. The van der Waals surface area contributed by atoms with Gasteiger partial charge in [-0.2, -0.15) is 0 Å². The molecule has 8 heteroatoms. The first-order valence-electron chi connectivity index (χ1n) is 10.4. The first kappa shape index (κ1) is 24.0. The van der Waals surface area contributed by atoms with E-state index >= 15 is 0 Å². The van der Waals surface area contributed by atoms with Crippen LogP contribution < -0.4 is 5.32 Å². The van der Waals surface area contributed by atoms with Crippen molar-refractivity contribution in [1.29, 1.82) is 0 Å². The van der Waals surface area contributed by atoms with Gasteiger partial charge in [-0.3, -0.25) is 9.59 Å². The van der Waals surface area contributed by atoms with E-state index in [4.69, 9.17) is 21.4 Å². The van der Waals surface area contributed by atoms with Crippen LogP contribution in [0.1, 0.15) is 57.8 Å². The van der Waals surface area contributed by atoms with Crippen molar-refractivity contribution in [3.8, 4) is 0 Å². The van der Waals surface area contributed by atoms with Crippen molar-refractivity contribution in [2.45, 2.75) is 87.2 Å². The van der Waals surface area contributed by atoms with Gasteiger partial charge >= 0.3 is 0 Å². The molecule has 0 aromatic heterocycles. The Morgan fingerprint density at radius 1 is 1.24 bits per heavy atom. The first-order valence-corrected chi connectivity index (χ1v) is 10.8. The van der Waals surface area contributed by atoms with Gasteiger partial charge in [-0.15, -0.1) is 11.6 Å². The number of ether oxygens (including phenoxy) is 1. The van der Waals surface area contributed by atoms with Gasteiger partial charge in [0.2, 0.25) is 5.91 Å². The summed E-state index contributed by atoms with van der Waals surface area (Å²) in [5.74, 6) is -0.956. The highest BCUT2D eigenvalue weighted by molar-refractivity contribution is 6.23. The minimum absolute atomic E-state index is 0.166. The maximum atomic E-state index is 12.1. The Morgan fingerprint density at radius 2 is 1.90 bits per heavy atom. The molecule has 0 saturated carbocycles. The van der Waals surface area contributed by atoms with Gasteiger partial charge in [0.1, 0.15) is 6.10 Å². The van der Waals surface area contributed by atoms with Crippen molar-refractivity contribution in [1.82, 2.24) is 5.32 Å². The summed E-state index contributed by atoms with van der Waals surface area (Å²) in [6.07, 6.45) is 11.5. The summed E-state index contributed by atoms with van der Waals surface area (Å²) in [6.45, 7) is 0.261. The maximum absolute atomic E-state index is 12.1. The Kier molecular flexibility index (Phi) is 9.79. The molecule has 1 aliphatic carbocycles. The van der Waals surface area contributed by atoms with E-state index in [0.717, 1.165) is 51.4 Å². The molecule has 0 aromatic carbocycles. The van der Waals surface area contributed by atoms with Gasteiger partial charge in [-0.25, -0.2) is 0 Å². The molecule has 29 heavy (non-hydrogen) atoms. The predicted molar refractivity (Wildman–Crippen MR) is 109 cm³/mol. The molecule has 2 aliphatic rings. The Balaban J connectivity index is 1.70. The van der Waals surface area contributed by atoms with E-state index in [1.165, 1.54) is 18.2 Å². The van der Waals surface area contributed by atoms with E-state index in [9.17, 15) is 19.8 Å². The lowest BCUT2D eigenvalue weighted by Gasteiger charge is -2.46. The second-order valence-electron chi connectivity index (χ2n) is 7.75. The smallest absolute Gasteiger partial charge is 0.244 e. The lowest BCUT2D eigenvalue weighted by molar-refractivity contribution is -0.239. The van der Waals surface area contributed by atoms with Gasteiger partial charge < -0.3 is 25.4 Å². The largest absolute Gasteiger partial charge is 0.396 e. The van der Waals surface area contributed by atoms with E-state index < -0.39 is 41.1 Å². The van der Waals surface area contributed by atoms with Gasteiger partial charge in [0.25, 0.3) is 0 Å². The number of aliphatic hydroxyl groups is 3. The van der Waals surface area contributed by atoms with Gasteiger partial charge in [0.15, 0.2) is 17.7 Å². The van der Waals surface area contributed by atoms with E-state index in [-0.39, 0.29) is 13.0 Å². The molecule has 5 atom stereocenters. The summed E-state index contributed by atoms with van der Waals surface area (Å²) in [5, 5.41) is 31.4. The average Bonchev–Trinajstić information content (AvgIpc) is 2.68. The molecule has 1 amide bonds. The summed E-state index contributed by atoms with van der Waals surface area (Å²) in [7, 11) is 0. The number of halogens is 1. The number of rotatable bonds is 11. The van der Waals surface area contributed by atoms with Crippen LogP contribution in [0.4, 0.5) is 0 Å². The second-order valence-corrected chi connectivity index (χ2v) is 8.25. The summed E-state index contributed by atoms with van der Waals surface area (Å²) in [4.78, 5) is 24.2. The minimum Gasteiger partial charge on any atom is -0.396 e. The molecule has 0 radical (unpaired) electrons. The molecule has 5 unspecified atom stereocenters. The molecule has 1 aliphatic heterocycles. The number of carbonyl (C=O) groups is 2. The lowest BCUT2D eigenvalue weighted by atomic mass is 9.78. The van der Waals surface area contributed by atoms with E-state index in [1.807, 2.05) is 0 Å². The average molecular weight is 430 g/mol. The number of hydrogen-bond acceptors (Lipinski definition) is 6. The van der Waals surface area contributed by atoms with Crippen LogP contribution in [0.3, 0.4) is 0 Å². The van der Waals surface area contributed by atoms with Crippen LogP contribution in [0, 0.1) is 0 Å². The maximum Gasteiger partial charge on any atom is 0.244 e. The molecular formula is C21H32ClNO6. The van der Waals surface area contributed by atoms with Crippen molar-refractivity contribution in [2.75, 3.05) is 6.61 Å². The topological polar surface area (TPSA) is 116 Å². The fourth-order valence-corrected chi connectivity index (χ4v) is 4.06. The molecule has 7 nitrogen and oxygen atoms in total. The van der Waals surface area contributed by atoms with Gasteiger partial charge in [-0.05, 0) is 31.4 Å². The third-order valence-corrected chi connectivity index (χ3v) is 5.78. The van der Waals surface area contributed by atoms with Crippen molar-refractivity contribution in [3.63, 3.8) is 0 Å². The normalized spacial score (nSPS) is 31.8. The van der Waals surface area contributed by atoms with Crippen LogP contribution in [-0.2, 0) is 14.3 Å². The zero-order valence-electron chi connectivity index (χ0n) is 16.6. The zero-order chi connectivity index (χ0) is 21.3. The summed E-state index contributed by atoms with van der Waals surface area (Å²) in [5.41, 5.74) is -1.86. The van der Waals surface area contributed by atoms with E-state index in [1.54, 1.807) is 6.08 Å². The second kappa shape index (κ2) is 11.8. The highest BCUT2D eigenvalue weighted by Gasteiger charge is 2.55. The number of fused-ring (bicyclic) bond motifs is 1. The van der Waals surface area contributed by atoms with Crippen LogP contribution >= 0.6 is 11.6 Å². The standard InChI is InChI=1S/C21H32ClNO6/c22-15-11-12-17(25)21(28)14-16(20(27)29-19(15)21)23-18(26)10-8-6-4-2-1-3-5-7-9-13-24/h8,10-12,15-16,19-20,24,27-28H,1-7,9,13-14H2,(H,23,26). The molecule has 2 rings (SSSR count). The molecule has 0 aromatic rings. The number of carbonyl (C=O) groups excluding carboxylic acids is 2. The number of nitrogens with one attached hydrogen (secondary N) is 1. The van der Waals surface area contributed by atoms with Gasteiger partial charge in [0.05, 0.1) is 11.4 Å². The number of ketones is 1. The lowest BCUT2D eigenvalue weighted by Crippen LogP contribution is -2.66. The summed E-state index contributed by atoms with van der Waals surface area (Å²) >= 11 is 6.07. The molecule has 1 heterocycles. The minimum atomic E-state index is -1.86. The number of hydrogen-bond donors (Lipinski definition) is 4. The molecule has 1 fully saturated rings.